The van der Waals surface area contributed by atoms with Gasteiger partial charge in [0.15, 0.2) is 23.0 Å². The van der Waals surface area contributed by atoms with Crippen molar-refractivity contribution < 1.29 is 80.8 Å². The average molecular weight is 705 g/mol. The van der Waals surface area contributed by atoms with Gasteiger partial charge in [-0.15, -0.1) is 19.3 Å². The van der Waals surface area contributed by atoms with Gasteiger partial charge in [-0.2, -0.15) is 0 Å². The fourth-order valence-corrected chi connectivity index (χ4v) is 4.92. The molecule has 0 aliphatic heterocycles. The molecule has 0 saturated heterocycles. The second kappa shape index (κ2) is 24.7. The SMILES string of the molecule is CCOC(=O)c1ccccc1[N-]C.CC[O-].COc1cc2c(c(OC)c1OC)c(=O)c1ccccc1n2C.COc1cccc(OC)c1OC.[Li+].[Li+]. The Bertz CT molecular complexity index is 1880. The molecule has 0 saturated carbocycles. The number of fused-ring (bicyclic) bond motifs is 2. The Labute approximate surface area is 329 Å². The largest absolute Gasteiger partial charge is 1.00 e. The van der Waals surface area contributed by atoms with E-state index in [-0.39, 0.29) is 55.7 Å². The van der Waals surface area contributed by atoms with Gasteiger partial charge in [0.25, 0.3) is 0 Å². The molecule has 4 aromatic carbocycles. The number of aryl methyl sites for hydroxylation is 1. The van der Waals surface area contributed by atoms with Gasteiger partial charge in [-0.05, 0) is 37.3 Å². The van der Waals surface area contributed by atoms with Crippen LogP contribution >= 0.6 is 0 Å². The molecule has 0 fully saturated rings. The van der Waals surface area contributed by atoms with Gasteiger partial charge in [-0.25, -0.2) is 4.79 Å². The molecule has 0 unspecified atom stereocenters. The van der Waals surface area contributed by atoms with Gasteiger partial charge in [-0.1, -0.05) is 43.3 Å². The monoisotopic (exact) mass is 704 g/mol. The normalized spacial score (nSPS) is 9.44. The number of aromatic nitrogens is 1. The van der Waals surface area contributed by atoms with Crippen molar-refractivity contribution in [3.05, 3.63) is 93.9 Å². The molecule has 0 bridgehead atoms. The van der Waals surface area contributed by atoms with Crippen LogP contribution in [0.2, 0.25) is 0 Å². The third kappa shape index (κ3) is 11.5. The summed E-state index contributed by atoms with van der Waals surface area (Å²) in [5.41, 5.74) is 2.70. The maximum absolute atomic E-state index is 12.9. The predicted molar refractivity (Wildman–Crippen MR) is 194 cm³/mol. The second-order valence-corrected chi connectivity index (χ2v) is 9.89. The molecule has 0 atom stereocenters. The summed E-state index contributed by atoms with van der Waals surface area (Å²) in [6.45, 7) is 3.74. The Kier molecular flexibility index (Phi) is 22.6. The van der Waals surface area contributed by atoms with Crippen LogP contribution in [0.15, 0.2) is 77.6 Å². The summed E-state index contributed by atoms with van der Waals surface area (Å²) in [6.07, 6.45) is 0. The number of ether oxygens (including phenoxy) is 7. The number of hydrogen-bond donors (Lipinski definition) is 0. The summed E-state index contributed by atoms with van der Waals surface area (Å²) in [6, 6.07) is 21.9. The van der Waals surface area contributed by atoms with Gasteiger partial charge in [0.1, 0.15) is 0 Å². The summed E-state index contributed by atoms with van der Waals surface area (Å²) in [5, 5.41) is 14.0. The first-order valence-electron chi connectivity index (χ1n) is 15.6. The van der Waals surface area contributed by atoms with Crippen LogP contribution in [0.1, 0.15) is 24.2 Å². The molecule has 270 valence electrons. The van der Waals surface area contributed by atoms with Crippen LogP contribution in [0.25, 0.3) is 27.1 Å². The smallest absolute Gasteiger partial charge is 0.855 e. The fraction of sp³-hybridized carbons (Fsp3) is 0.316. The van der Waals surface area contributed by atoms with Gasteiger partial charge in [0.05, 0.1) is 65.7 Å². The molecule has 52 heavy (non-hydrogen) atoms. The van der Waals surface area contributed by atoms with Gasteiger partial charge in [-0.3, -0.25) is 4.79 Å². The maximum atomic E-state index is 12.9. The summed E-state index contributed by atoms with van der Waals surface area (Å²) < 4.78 is 38.3. The van der Waals surface area contributed by atoms with Crippen LogP contribution in [-0.4, -0.2) is 73.5 Å². The van der Waals surface area contributed by atoms with Crippen molar-refractivity contribution in [2.24, 2.45) is 7.05 Å². The Hall–Kier alpha value is -4.43. The van der Waals surface area contributed by atoms with E-state index in [9.17, 15) is 9.59 Å². The maximum Gasteiger partial charge on any atom is 1.00 e. The van der Waals surface area contributed by atoms with Crippen molar-refractivity contribution in [2.75, 3.05) is 62.9 Å². The predicted octanol–water partition coefficient (Wildman–Crippen LogP) is 0.303. The minimum Gasteiger partial charge on any atom is -0.855 e. The number of hydrogen-bond acceptors (Lipinski definition) is 10. The fourth-order valence-electron chi connectivity index (χ4n) is 4.92. The van der Waals surface area contributed by atoms with E-state index in [0.717, 1.165) is 11.0 Å². The zero-order chi connectivity index (χ0) is 37.2. The standard InChI is InChI=1S/C17H17NO4.C10H13NO2.C9H12O3.C2H5O.2Li/c1-18-11-8-6-5-7-10(11)15(19)14-12(18)9-13(20-2)16(21-3)17(14)22-4;1-3-13-10(12)8-6-4-5-7-9(8)11-2;1-10-7-5-4-6-8(11-2)9(7)12-3;1-2-3;;/h5-9H,1-4H3;4-7H,3H2,1-2H3,(H,11,12);4-6H,1-3H3;2H2,1H3;;/q;;;-1;2*+1/p-1. The zero-order valence-corrected chi connectivity index (χ0v) is 32.3. The van der Waals surface area contributed by atoms with E-state index in [1.807, 2.05) is 60.1 Å². The van der Waals surface area contributed by atoms with E-state index < -0.39 is 0 Å². The van der Waals surface area contributed by atoms with Crippen molar-refractivity contribution >= 4 is 33.5 Å². The molecule has 0 spiro atoms. The summed E-state index contributed by atoms with van der Waals surface area (Å²) in [5.74, 6) is 3.00. The van der Waals surface area contributed by atoms with Crippen molar-refractivity contribution in [3.8, 4) is 34.5 Å². The van der Waals surface area contributed by atoms with E-state index in [1.54, 1.807) is 73.6 Å². The second-order valence-electron chi connectivity index (χ2n) is 9.89. The number of para-hydroxylation sites is 3. The molecule has 12 nitrogen and oxygen atoms in total. The quantitative estimate of drug-likeness (QED) is 0.120. The van der Waals surface area contributed by atoms with Crippen LogP contribution < -0.4 is 76.7 Å². The first-order chi connectivity index (χ1) is 24.2. The topological polar surface area (TPSA) is 141 Å². The number of rotatable bonds is 9. The van der Waals surface area contributed by atoms with Crippen molar-refractivity contribution in [2.45, 2.75) is 13.8 Å². The zero-order valence-electron chi connectivity index (χ0n) is 32.3. The van der Waals surface area contributed by atoms with E-state index in [1.165, 1.54) is 14.2 Å². The summed E-state index contributed by atoms with van der Waals surface area (Å²) >= 11 is 0. The Balaban J connectivity index is 0.000000752. The Morgan fingerprint density at radius 3 is 1.71 bits per heavy atom. The number of benzene rings is 4. The van der Waals surface area contributed by atoms with Crippen LogP contribution in [0.3, 0.4) is 0 Å². The first kappa shape index (κ1) is 47.6. The van der Waals surface area contributed by atoms with Gasteiger partial charge in [0.2, 0.25) is 16.9 Å². The molecule has 0 aliphatic rings. The molecule has 0 aliphatic carbocycles. The molecule has 14 heteroatoms. The van der Waals surface area contributed by atoms with Crippen LogP contribution in [0.5, 0.6) is 34.5 Å². The third-order valence-corrected chi connectivity index (χ3v) is 7.13. The Morgan fingerprint density at radius 2 is 1.21 bits per heavy atom. The summed E-state index contributed by atoms with van der Waals surface area (Å²) in [7, 11) is 12.9. The van der Waals surface area contributed by atoms with Crippen LogP contribution in [0, 0.1) is 0 Å². The summed E-state index contributed by atoms with van der Waals surface area (Å²) in [4.78, 5) is 24.2. The van der Waals surface area contributed by atoms with Crippen LogP contribution in [-0.2, 0) is 11.8 Å². The van der Waals surface area contributed by atoms with E-state index >= 15 is 0 Å². The van der Waals surface area contributed by atoms with Crippen molar-refractivity contribution in [3.63, 3.8) is 0 Å². The first-order valence-corrected chi connectivity index (χ1v) is 15.6. The van der Waals surface area contributed by atoms with E-state index in [0.29, 0.717) is 63.1 Å². The minimum atomic E-state index is -0.316. The Morgan fingerprint density at radius 1 is 0.692 bits per heavy atom. The average Bonchev–Trinajstić information content (AvgIpc) is 3.16. The van der Waals surface area contributed by atoms with Crippen molar-refractivity contribution in [1.29, 1.82) is 0 Å². The number of esters is 1. The van der Waals surface area contributed by atoms with Crippen LogP contribution in [0.4, 0.5) is 5.69 Å². The number of methoxy groups -OCH3 is 6. The molecule has 5 aromatic rings. The molecule has 0 amide bonds. The van der Waals surface area contributed by atoms with Crippen molar-refractivity contribution in [1.82, 2.24) is 4.57 Å². The molecule has 1 aromatic heterocycles. The van der Waals surface area contributed by atoms with E-state index in [4.69, 9.17) is 38.3 Å². The molecule has 5 rings (SSSR count). The van der Waals surface area contributed by atoms with E-state index in [2.05, 4.69) is 5.32 Å². The van der Waals surface area contributed by atoms with Gasteiger partial charge >= 0.3 is 43.7 Å². The number of carbonyl (C=O) groups excluding carboxylic acids is 1. The molecular weight excluding hydrogens is 658 g/mol. The number of pyridine rings is 1. The minimum absolute atomic E-state index is 0. The molecule has 1 heterocycles. The van der Waals surface area contributed by atoms with Gasteiger partial charge in [0, 0.05) is 24.1 Å². The molecular formula is C38H46Li2N2O10. The molecule has 0 N–H and O–H groups in total. The van der Waals surface area contributed by atoms with Gasteiger partial charge < -0.3 is 48.1 Å². The number of carbonyl (C=O) groups is 1. The number of nitrogens with zero attached hydrogens (tertiary/aromatic N) is 2. The third-order valence-electron chi connectivity index (χ3n) is 7.13. The molecule has 0 radical (unpaired) electrons.